The van der Waals surface area contributed by atoms with Crippen molar-refractivity contribution in [3.05, 3.63) is 64.7 Å². The first kappa shape index (κ1) is 13.6. The molecule has 19 heavy (non-hydrogen) atoms. The van der Waals surface area contributed by atoms with Gasteiger partial charge in [-0.05, 0) is 23.3 Å². The summed E-state index contributed by atoms with van der Waals surface area (Å²) in [4.78, 5) is 11.3. The van der Waals surface area contributed by atoms with Crippen LogP contribution < -0.4 is 5.32 Å². The second-order valence-electron chi connectivity index (χ2n) is 4.55. The van der Waals surface area contributed by atoms with Crippen LogP contribution in [0.3, 0.4) is 0 Å². The summed E-state index contributed by atoms with van der Waals surface area (Å²) in [5, 5.41) is 3.46. The molecule has 1 amide bonds. The number of hydrogen-bond acceptors (Lipinski definition) is 1. The van der Waals surface area contributed by atoms with Gasteiger partial charge in [0, 0.05) is 23.6 Å². The fourth-order valence-corrected chi connectivity index (χ4v) is 2.30. The minimum absolute atomic E-state index is 0.0937. The van der Waals surface area contributed by atoms with E-state index in [4.69, 9.17) is 11.6 Å². The quantitative estimate of drug-likeness (QED) is 0.879. The molecule has 0 spiro atoms. The van der Waals surface area contributed by atoms with Gasteiger partial charge in [-0.15, -0.1) is 0 Å². The lowest BCUT2D eigenvalue weighted by Gasteiger charge is -2.17. The van der Waals surface area contributed by atoms with E-state index in [1.165, 1.54) is 12.5 Å². The summed E-state index contributed by atoms with van der Waals surface area (Å²) in [7, 11) is 0. The van der Waals surface area contributed by atoms with Crippen LogP contribution in [0.1, 0.15) is 30.9 Å². The van der Waals surface area contributed by atoms with E-state index in [0.29, 0.717) is 5.02 Å². The summed E-state index contributed by atoms with van der Waals surface area (Å²) < 4.78 is 0. The number of hydrogen-bond donors (Lipinski definition) is 1. The third-order valence-electron chi connectivity index (χ3n) is 3.09. The molecule has 0 saturated carbocycles. The summed E-state index contributed by atoms with van der Waals surface area (Å²) in [5.41, 5.74) is 3.04. The first-order valence-corrected chi connectivity index (χ1v) is 6.57. The molecular formula is C16H16ClNO. The maximum atomic E-state index is 11.3. The molecule has 1 N–H and O–H groups in total. The summed E-state index contributed by atoms with van der Waals surface area (Å²) in [6, 6.07) is 15.8. The Morgan fingerprint density at radius 1 is 1.16 bits per heavy atom. The third-order valence-corrected chi connectivity index (χ3v) is 3.33. The Labute approximate surface area is 118 Å². The Kier molecular flexibility index (Phi) is 4.23. The van der Waals surface area contributed by atoms with Crippen LogP contribution in [-0.2, 0) is 4.79 Å². The molecule has 0 unspecified atom stereocenters. The van der Waals surface area contributed by atoms with E-state index < -0.39 is 0 Å². The molecule has 2 nitrogen and oxygen atoms in total. The van der Waals surface area contributed by atoms with Gasteiger partial charge in [0.2, 0.25) is 5.91 Å². The fraction of sp³-hybridized carbons (Fsp3) is 0.188. The predicted octanol–water partition coefficient (Wildman–Crippen LogP) is 4.45. The second-order valence-corrected chi connectivity index (χ2v) is 4.98. The van der Waals surface area contributed by atoms with Gasteiger partial charge in [-0.2, -0.15) is 0 Å². The molecule has 0 radical (unpaired) electrons. The van der Waals surface area contributed by atoms with Crippen molar-refractivity contribution in [3.63, 3.8) is 0 Å². The van der Waals surface area contributed by atoms with Gasteiger partial charge in [0.25, 0.3) is 0 Å². The lowest BCUT2D eigenvalue weighted by molar-refractivity contribution is -0.114. The predicted molar refractivity (Wildman–Crippen MR) is 79.7 cm³/mol. The highest BCUT2D eigenvalue weighted by Gasteiger charge is 2.13. The zero-order chi connectivity index (χ0) is 13.8. The van der Waals surface area contributed by atoms with Gasteiger partial charge in [0.1, 0.15) is 0 Å². The lowest BCUT2D eigenvalue weighted by Crippen LogP contribution is -2.10. The van der Waals surface area contributed by atoms with E-state index in [-0.39, 0.29) is 11.8 Å². The van der Waals surface area contributed by atoms with Crippen molar-refractivity contribution in [2.45, 2.75) is 19.8 Å². The third kappa shape index (κ3) is 3.36. The van der Waals surface area contributed by atoms with Crippen LogP contribution in [0, 0.1) is 0 Å². The van der Waals surface area contributed by atoms with Gasteiger partial charge in [-0.3, -0.25) is 4.79 Å². The van der Waals surface area contributed by atoms with Crippen molar-refractivity contribution in [2.24, 2.45) is 0 Å². The molecule has 0 bridgehead atoms. The molecule has 2 rings (SSSR count). The Bertz CT molecular complexity index is 581. The smallest absolute Gasteiger partial charge is 0.221 e. The van der Waals surface area contributed by atoms with Crippen molar-refractivity contribution in [1.82, 2.24) is 0 Å². The first-order valence-electron chi connectivity index (χ1n) is 6.20. The van der Waals surface area contributed by atoms with Crippen LogP contribution in [0.25, 0.3) is 0 Å². The van der Waals surface area contributed by atoms with E-state index in [1.807, 2.05) is 30.3 Å². The molecule has 0 fully saturated rings. The van der Waals surface area contributed by atoms with Gasteiger partial charge < -0.3 is 5.32 Å². The second kappa shape index (κ2) is 5.89. The van der Waals surface area contributed by atoms with E-state index in [0.717, 1.165) is 11.3 Å². The number of halogens is 1. The number of benzene rings is 2. The first-order chi connectivity index (χ1) is 9.08. The van der Waals surface area contributed by atoms with Gasteiger partial charge in [-0.1, -0.05) is 54.9 Å². The lowest BCUT2D eigenvalue weighted by atomic mass is 9.92. The highest BCUT2D eigenvalue weighted by Crippen LogP contribution is 2.31. The van der Waals surface area contributed by atoms with Crippen LogP contribution in [0.2, 0.25) is 5.02 Å². The van der Waals surface area contributed by atoms with Gasteiger partial charge >= 0.3 is 0 Å². The maximum absolute atomic E-state index is 11.3. The Morgan fingerprint density at radius 2 is 1.84 bits per heavy atom. The highest BCUT2D eigenvalue weighted by molar-refractivity contribution is 6.31. The van der Waals surface area contributed by atoms with Gasteiger partial charge in [0.15, 0.2) is 0 Å². The Balaban J connectivity index is 2.41. The normalized spacial score (nSPS) is 11.9. The highest BCUT2D eigenvalue weighted by atomic mass is 35.5. The van der Waals surface area contributed by atoms with Gasteiger partial charge in [0.05, 0.1) is 0 Å². The van der Waals surface area contributed by atoms with Crippen molar-refractivity contribution in [3.8, 4) is 0 Å². The number of carbonyl (C=O) groups excluding carboxylic acids is 1. The molecule has 98 valence electrons. The molecule has 0 aliphatic heterocycles. The molecule has 3 heteroatoms. The molecule has 0 aromatic heterocycles. The van der Waals surface area contributed by atoms with E-state index in [2.05, 4.69) is 24.4 Å². The van der Waals surface area contributed by atoms with Crippen LogP contribution in [0.15, 0.2) is 48.5 Å². The molecule has 1 atom stereocenters. The van der Waals surface area contributed by atoms with Crippen molar-refractivity contribution < 1.29 is 4.79 Å². The van der Waals surface area contributed by atoms with E-state index in [1.54, 1.807) is 6.07 Å². The summed E-state index contributed by atoms with van der Waals surface area (Å²) in [6.07, 6.45) is 0. The van der Waals surface area contributed by atoms with Crippen molar-refractivity contribution >= 4 is 23.2 Å². The molecular weight excluding hydrogens is 258 g/mol. The van der Waals surface area contributed by atoms with Gasteiger partial charge in [-0.25, -0.2) is 0 Å². The van der Waals surface area contributed by atoms with Crippen molar-refractivity contribution in [1.29, 1.82) is 0 Å². The van der Waals surface area contributed by atoms with Crippen LogP contribution in [-0.4, -0.2) is 5.91 Å². The average molecular weight is 274 g/mol. The molecule has 0 aliphatic rings. The molecule has 0 heterocycles. The number of nitrogens with one attached hydrogen (secondary N) is 1. The standard InChI is InChI=1S/C16H16ClNO/c1-11(13-6-4-3-5-7-13)15-9-8-14(17)10-16(15)18-12(2)19/h3-11H,1-2H3,(H,18,19)/t11-/m1/s1. The maximum Gasteiger partial charge on any atom is 0.221 e. The summed E-state index contributed by atoms with van der Waals surface area (Å²) in [5.74, 6) is 0.101. The number of rotatable bonds is 3. The largest absolute Gasteiger partial charge is 0.326 e. The number of anilines is 1. The monoisotopic (exact) mass is 273 g/mol. The average Bonchev–Trinajstić information content (AvgIpc) is 2.38. The molecule has 2 aromatic rings. The van der Waals surface area contributed by atoms with Crippen LogP contribution in [0.4, 0.5) is 5.69 Å². The Morgan fingerprint density at radius 3 is 2.47 bits per heavy atom. The summed E-state index contributed by atoms with van der Waals surface area (Å²) in [6.45, 7) is 3.61. The molecule has 0 aliphatic carbocycles. The fourth-order valence-electron chi connectivity index (χ4n) is 2.13. The minimum atomic E-state index is -0.0937. The van der Waals surface area contributed by atoms with Crippen LogP contribution >= 0.6 is 11.6 Å². The topological polar surface area (TPSA) is 29.1 Å². The van der Waals surface area contributed by atoms with E-state index >= 15 is 0 Å². The van der Waals surface area contributed by atoms with Crippen molar-refractivity contribution in [2.75, 3.05) is 5.32 Å². The molecule has 2 aromatic carbocycles. The SMILES string of the molecule is CC(=O)Nc1cc(Cl)ccc1[C@H](C)c1ccccc1. The zero-order valence-electron chi connectivity index (χ0n) is 11.0. The number of amides is 1. The zero-order valence-corrected chi connectivity index (χ0v) is 11.7. The van der Waals surface area contributed by atoms with Crippen LogP contribution in [0.5, 0.6) is 0 Å². The Hall–Kier alpha value is -1.80. The number of carbonyl (C=O) groups is 1. The summed E-state index contributed by atoms with van der Waals surface area (Å²) >= 11 is 6.00. The molecule has 0 saturated heterocycles. The minimum Gasteiger partial charge on any atom is -0.326 e. The van der Waals surface area contributed by atoms with E-state index in [9.17, 15) is 4.79 Å².